The summed E-state index contributed by atoms with van der Waals surface area (Å²) in [6.45, 7) is 1.87. The molecule has 1 aromatic carbocycles. The average Bonchev–Trinajstić information content (AvgIpc) is 1.88. The maximum absolute atomic E-state index is 11.9. The number of rotatable bonds is 1. The third kappa shape index (κ3) is 1.53. The van der Waals surface area contributed by atoms with E-state index in [9.17, 15) is 8.78 Å². The molecule has 0 spiro atoms. The normalized spacial score (nSPS) is 10.4. The fourth-order valence-corrected chi connectivity index (χ4v) is 0.712. The molecule has 54 valence electrons. The highest BCUT2D eigenvalue weighted by molar-refractivity contribution is 5.21. The molecule has 0 amide bonds. The van der Waals surface area contributed by atoms with Crippen molar-refractivity contribution in [1.82, 2.24) is 0 Å². The minimum Gasteiger partial charge on any atom is -0.205 e. The summed E-state index contributed by atoms with van der Waals surface area (Å²) in [6.07, 6.45) is -2.35. The van der Waals surface area contributed by atoms with Crippen molar-refractivity contribution in [2.75, 3.05) is 0 Å². The number of alkyl halides is 2. The lowest BCUT2D eigenvalue weighted by atomic mass is 10.2. The molecule has 0 fully saturated rings. The van der Waals surface area contributed by atoms with Crippen molar-refractivity contribution in [3.8, 4) is 0 Å². The van der Waals surface area contributed by atoms with Crippen molar-refractivity contribution in [2.24, 2.45) is 0 Å². The summed E-state index contributed by atoms with van der Waals surface area (Å²) in [5.74, 6) is 0. The molecule has 0 saturated carbocycles. The first-order valence-corrected chi connectivity index (χ1v) is 3.05. The molecule has 1 rings (SSSR count). The summed E-state index contributed by atoms with van der Waals surface area (Å²) in [5.41, 5.74) is 1.09. The molecule has 0 aliphatic rings. The predicted molar refractivity (Wildman–Crippen MR) is 36.1 cm³/mol. The summed E-state index contributed by atoms with van der Waals surface area (Å²) in [5, 5.41) is 0. The Morgan fingerprint density at radius 1 is 1.10 bits per heavy atom. The van der Waals surface area contributed by atoms with Gasteiger partial charge in [0.15, 0.2) is 0 Å². The van der Waals surface area contributed by atoms with Gasteiger partial charge >= 0.3 is 0 Å². The van der Waals surface area contributed by atoms with Gasteiger partial charge in [-0.3, -0.25) is 0 Å². The van der Waals surface area contributed by atoms with Crippen LogP contribution in [0.25, 0.3) is 0 Å². The zero-order valence-electron chi connectivity index (χ0n) is 5.64. The molecule has 10 heavy (non-hydrogen) atoms. The lowest BCUT2D eigenvalue weighted by molar-refractivity contribution is 0.151. The van der Waals surface area contributed by atoms with Crippen LogP contribution in [0.3, 0.4) is 0 Å². The number of hydrogen-bond acceptors (Lipinski definition) is 0. The maximum atomic E-state index is 11.9. The van der Waals surface area contributed by atoms with E-state index in [-0.39, 0.29) is 5.56 Å². The molecule has 0 bridgehead atoms. The van der Waals surface area contributed by atoms with E-state index in [1.54, 1.807) is 12.1 Å². The Labute approximate surface area is 58.5 Å². The third-order valence-electron chi connectivity index (χ3n) is 1.33. The Hall–Kier alpha value is -0.920. The van der Waals surface area contributed by atoms with Gasteiger partial charge in [-0.05, 0) is 6.92 Å². The van der Waals surface area contributed by atoms with Crippen LogP contribution in [0.4, 0.5) is 8.78 Å². The molecule has 0 nitrogen and oxygen atoms in total. The maximum Gasteiger partial charge on any atom is 0.263 e. The van der Waals surface area contributed by atoms with E-state index in [4.69, 9.17) is 0 Å². The van der Waals surface area contributed by atoms with Crippen LogP contribution in [0.5, 0.6) is 0 Å². The van der Waals surface area contributed by atoms with E-state index in [0.717, 1.165) is 5.56 Å². The quantitative estimate of drug-likeness (QED) is 0.565. The second-order valence-electron chi connectivity index (χ2n) is 2.21. The molecular weight excluding hydrogens is 134 g/mol. The predicted octanol–water partition coefficient (Wildman–Crippen LogP) is 2.93. The number of aryl methyl sites for hydroxylation is 1. The van der Waals surface area contributed by atoms with Crippen molar-refractivity contribution in [1.29, 1.82) is 0 Å². The van der Waals surface area contributed by atoms with Gasteiger partial charge in [0.1, 0.15) is 0 Å². The molecule has 0 aromatic heterocycles. The van der Waals surface area contributed by atoms with E-state index in [0.29, 0.717) is 0 Å². The van der Waals surface area contributed by atoms with Crippen molar-refractivity contribution >= 4 is 0 Å². The van der Waals surface area contributed by atoms with E-state index < -0.39 is 6.43 Å². The van der Waals surface area contributed by atoms with Gasteiger partial charge in [-0.1, -0.05) is 29.8 Å². The van der Waals surface area contributed by atoms with Gasteiger partial charge in [-0.25, -0.2) is 8.78 Å². The van der Waals surface area contributed by atoms with Crippen LogP contribution in [-0.4, -0.2) is 0 Å². The number of benzene rings is 1. The van der Waals surface area contributed by atoms with Crippen molar-refractivity contribution in [2.45, 2.75) is 13.3 Å². The highest BCUT2D eigenvalue weighted by Crippen LogP contribution is 2.17. The van der Waals surface area contributed by atoms with Gasteiger partial charge in [-0.15, -0.1) is 0 Å². The number of halogens is 2. The summed E-state index contributed by atoms with van der Waals surface area (Å²) in [6, 6.07) is 6.25. The Balaban J connectivity index is 2.89. The largest absolute Gasteiger partial charge is 0.263 e. The minimum atomic E-state index is -2.35. The number of hydrogen-bond donors (Lipinski definition) is 0. The van der Waals surface area contributed by atoms with Gasteiger partial charge in [0.25, 0.3) is 6.43 Å². The first-order chi connectivity index (χ1) is 4.70. The van der Waals surface area contributed by atoms with E-state index in [1.807, 2.05) is 6.92 Å². The molecule has 0 heterocycles. The Kier molecular flexibility index (Phi) is 2.00. The fraction of sp³-hybridized carbons (Fsp3) is 0.250. The van der Waals surface area contributed by atoms with Crippen molar-refractivity contribution < 1.29 is 8.78 Å². The van der Waals surface area contributed by atoms with Crippen molar-refractivity contribution in [3.05, 3.63) is 35.4 Å². The Morgan fingerprint density at radius 3 is 2.00 bits per heavy atom. The van der Waals surface area contributed by atoms with E-state index >= 15 is 0 Å². The molecule has 0 N–H and O–H groups in total. The van der Waals surface area contributed by atoms with Crippen LogP contribution in [0, 0.1) is 6.92 Å². The first-order valence-electron chi connectivity index (χ1n) is 3.05. The van der Waals surface area contributed by atoms with Crippen molar-refractivity contribution in [3.63, 3.8) is 0 Å². The summed E-state index contributed by atoms with van der Waals surface area (Å²) >= 11 is 0. The molecule has 0 unspecified atom stereocenters. The van der Waals surface area contributed by atoms with Crippen LogP contribution < -0.4 is 0 Å². The second-order valence-corrected chi connectivity index (χ2v) is 2.21. The smallest absolute Gasteiger partial charge is 0.205 e. The SMILES string of the molecule is Cc1ccc(C(F)F)cc1. The van der Waals surface area contributed by atoms with Gasteiger partial charge in [0, 0.05) is 5.56 Å². The molecule has 0 atom stereocenters. The zero-order chi connectivity index (χ0) is 7.56. The summed E-state index contributed by atoms with van der Waals surface area (Å²) < 4.78 is 23.8. The van der Waals surface area contributed by atoms with Crippen LogP contribution in [0.1, 0.15) is 17.6 Å². The second kappa shape index (κ2) is 2.78. The van der Waals surface area contributed by atoms with Gasteiger partial charge in [0.05, 0.1) is 0 Å². The highest BCUT2D eigenvalue weighted by Gasteiger charge is 2.03. The van der Waals surface area contributed by atoms with Crippen LogP contribution in [0.2, 0.25) is 0 Å². The topological polar surface area (TPSA) is 0 Å². The van der Waals surface area contributed by atoms with Gasteiger partial charge in [0.2, 0.25) is 0 Å². The molecule has 0 saturated heterocycles. The Morgan fingerprint density at radius 2 is 1.60 bits per heavy atom. The molecule has 0 radical (unpaired) electrons. The van der Waals surface area contributed by atoms with E-state index in [1.165, 1.54) is 12.1 Å². The summed E-state index contributed by atoms with van der Waals surface area (Å²) in [7, 11) is 0. The molecular formula is C8H8F2. The van der Waals surface area contributed by atoms with Crippen LogP contribution >= 0.6 is 0 Å². The lowest BCUT2D eigenvalue weighted by Gasteiger charge is -1.97. The highest BCUT2D eigenvalue weighted by atomic mass is 19.3. The Bertz CT molecular complexity index is 201. The van der Waals surface area contributed by atoms with Crippen LogP contribution in [0.15, 0.2) is 24.3 Å². The third-order valence-corrected chi connectivity index (χ3v) is 1.33. The average molecular weight is 142 g/mol. The zero-order valence-corrected chi connectivity index (χ0v) is 5.64. The van der Waals surface area contributed by atoms with E-state index in [2.05, 4.69) is 0 Å². The molecule has 0 aliphatic heterocycles. The minimum absolute atomic E-state index is 0.0885. The molecule has 0 aliphatic carbocycles. The first kappa shape index (κ1) is 7.19. The van der Waals surface area contributed by atoms with Crippen LogP contribution in [-0.2, 0) is 0 Å². The fourth-order valence-electron chi connectivity index (χ4n) is 0.712. The lowest BCUT2D eigenvalue weighted by Crippen LogP contribution is -1.82. The monoisotopic (exact) mass is 142 g/mol. The molecule has 2 heteroatoms. The van der Waals surface area contributed by atoms with Gasteiger partial charge < -0.3 is 0 Å². The standard InChI is InChI=1S/C8H8F2/c1-6-2-4-7(5-3-6)8(9)10/h2-5,8H,1H3. The van der Waals surface area contributed by atoms with Gasteiger partial charge in [-0.2, -0.15) is 0 Å². The summed E-state index contributed by atoms with van der Waals surface area (Å²) in [4.78, 5) is 0. The molecule has 1 aromatic rings.